The molecule has 3 heteroatoms. The Balaban J connectivity index is 2.00. The van der Waals surface area contributed by atoms with Crippen LogP contribution in [0.3, 0.4) is 0 Å². The van der Waals surface area contributed by atoms with Gasteiger partial charge in [-0.2, -0.15) is 0 Å². The Bertz CT molecular complexity index is 534. The van der Waals surface area contributed by atoms with E-state index in [0.29, 0.717) is 11.8 Å². The molecule has 0 spiro atoms. The number of amides is 1. The Morgan fingerprint density at radius 3 is 2.61 bits per heavy atom. The third-order valence-corrected chi connectivity index (χ3v) is 4.09. The predicted molar refractivity (Wildman–Crippen MR) is 95.2 cm³/mol. The zero-order valence-corrected chi connectivity index (χ0v) is 14.7. The number of allylic oxidation sites excluding steroid dienone is 7. The SMILES string of the molecule is CCC[C@@H](CC1=CC=C[C@@H]2C=CC=C[C@@H]12)NC(=O)OC(C)(C)C. The standard InChI is InChI=1S/C20H29NO2/c1-5-9-17(21-19(22)23-20(2,3)4)14-16-12-8-11-15-10-6-7-13-18(15)16/h6-8,10-13,15,17-18H,5,9,14H2,1-4H3,(H,21,22)/t15-,17-,18+/m0/s1. The van der Waals surface area contributed by atoms with Gasteiger partial charge in [0.1, 0.15) is 5.60 Å². The van der Waals surface area contributed by atoms with E-state index in [1.54, 1.807) is 0 Å². The molecule has 126 valence electrons. The number of nitrogens with one attached hydrogen (secondary N) is 1. The Morgan fingerprint density at radius 1 is 1.22 bits per heavy atom. The van der Waals surface area contributed by atoms with Crippen LogP contribution in [0.25, 0.3) is 0 Å². The highest BCUT2D eigenvalue weighted by molar-refractivity contribution is 5.68. The van der Waals surface area contributed by atoms with Crippen LogP contribution in [0.2, 0.25) is 0 Å². The monoisotopic (exact) mass is 315 g/mol. The highest BCUT2D eigenvalue weighted by Crippen LogP contribution is 2.34. The summed E-state index contributed by atoms with van der Waals surface area (Å²) in [6.07, 6.45) is 17.8. The fourth-order valence-electron chi connectivity index (χ4n) is 3.13. The van der Waals surface area contributed by atoms with Crippen LogP contribution in [0.4, 0.5) is 4.79 Å². The van der Waals surface area contributed by atoms with E-state index in [0.717, 1.165) is 19.3 Å². The average molecular weight is 315 g/mol. The fourth-order valence-corrected chi connectivity index (χ4v) is 3.13. The van der Waals surface area contributed by atoms with Crippen LogP contribution in [0, 0.1) is 11.8 Å². The molecule has 0 heterocycles. The maximum absolute atomic E-state index is 12.1. The van der Waals surface area contributed by atoms with E-state index in [-0.39, 0.29) is 12.1 Å². The highest BCUT2D eigenvalue weighted by Gasteiger charge is 2.26. The number of carbonyl (C=O) groups excluding carboxylic acids is 1. The second kappa shape index (κ2) is 7.67. The lowest BCUT2D eigenvalue weighted by Crippen LogP contribution is -2.39. The first-order valence-corrected chi connectivity index (χ1v) is 8.61. The van der Waals surface area contributed by atoms with E-state index in [1.165, 1.54) is 5.57 Å². The molecule has 3 atom stereocenters. The van der Waals surface area contributed by atoms with Gasteiger partial charge in [-0.15, -0.1) is 0 Å². The summed E-state index contributed by atoms with van der Waals surface area (Å²) in [5.74, 6) is 0.869. The Kier molecular flexibility index (Phi) is 5.86. The first kappa shape index (κ1) is 17.6. The predicted octanol–water partition coefficient (Wildman–Crippen LogP) is 4.92. The van der Waals surface area contributed by atoms with Crippen LogP contribution in [0.1, 0.15) is 47.0 Å². The first-order valence-electron chi connectivity index (χ1n) is 8.61. The molecular formula is C20H29NO2. The van der Waals surface area contributed by atoms with E-state index < -0.39 is 5.60 Å². The lowest BCUT2D eigenvalue weighted by molar-refractivity contribution is 0.0501. The summed E-state index contributed by atoms with van der Waals surface area (Å²) < 4.78 is 5.40. The molecule has 2 aliphatic carbocycles. The van der Waals surface area contributed by atoms with E-state index >= 15 is 0 Å². The molecule has 0 fully saturated rings. The molecule has 3 nitrogen and oxygen atoms in total. The molecule has 0 aromatic rings. The van der Waals surface area contributed by atoms with Crippen LogP contribution in [-0.4, -0.2) is 17.7 Å². The van der Waals surface area contributed by atoms with E-state index in [2.05, 4.69) is 54.8 Å². The molecule has 0 aliphatic heterocycles. The third kappa shape index (κ3) is 5.42. The van der Waals surface area contributed by atoms with Gasteiger partial charge in [-0.05, 0) is 33.6 Å². The number of ether oxygens (including phenoxy) is 1. The third-order valence-electron chi connectivity index (χ3n) is 4.09. The van der Waals surface area contributed by atoms with Gasteiger partial charge < -0.3 is 10.1 Å². The second-order valence-electron chi connectivity index (χ2n) is 7.34. The largest absolute Gasteiger partial charge is 0.444 e. The smallest absolute Gasteiger partial charge is 0.407 e. The van der Waals surface area contributed by atoms with Crippen molar-refractivity contribution in [2.45, 2.75) is 58.6 Å². The number of hydrogen-bond acceptors (Lipinski definition) is 2. The molecule has 0 saturated carbocycles. The molecule has 2 rings (SSSR count). The van der Waals surface area contributed by atoms with Gasteiger partial charge in [-0.25, -0.2) is 4.79 Å². The fraction of sp³-hybridized carbons (Fsp3) is 0.550. The molecule has 0 radical (unpaired) electrons. The summed E-state index contributed by atoms with van der Waals surface area (Å²) in [6, 6.07) is 0.118. The molecule has 1 amide bonds. The summed E-state index contributed by atoms with van der Waals surface area (Å²) >= 11 is 0. The Labute approximate surface area is 140 Å². The van der Waals surface area contributed by atoms with Crippen molar-refractivity contribution in [3.63, 3.8) is 0 Å². The molecular weight excluding hydrogens is 286 g/mol. The van der Waals surface area contributed by atoms with E-state index in [9.17, 15) is 4.79 Å². The Morgan fingerprint density at radius 2 is 1.91 bits per heavy atom. The van der Waals surface area contributed by atoms with Crippen LogP contribution in [-0.2, 0) is 4.74 Å². The molecule has 23 heavy (non-hydrogen) atoms. The van der Waals surface area contributed by atoms with Crippen molar-refractivity contribution in [3.8, 4) is 0 Å². The van der Waals surface area contributed by atoms with Gasteiger partial charge in [-0.1, -0.05) is 61.4 Å². The molecule has 2 aliphatic rings. The summed E-state index contributed by atoms with van der Waals surface area (Å²) in [4.78, 5) is 12.1. The highest BCUT2D eigenvalue weighted by atomic mass is 16.6. The summed E-state index contributed by atoms with van der Waals surface area (Å²) in [7, 11) is 0. The number of fused-ring (bicyclic) bond motifs is 1. The topological polar surface area (TPSA) is 38.3 Å². The number of alkyl carbamates (subject to hydrolysis) is 1. The van der Waals surface area contributed by atoms with Crippen LogP contribution in [0.5, 0.6) is 0 Å². The van der Waals surface area contributed by atoms with Gasteiger partial charge in [-0.3, -0.25) is 0 Å². The second-order valence-corrected chi connectivity index (χ2v) is 7.34. The van der Waals surface area contributed by atoms with Crippen LogP contribution < -0.4 is 5.32 Å². The molecule has 0 bridgehead atoms. The van der Waals surface area contributed by atoms with Crippen molar-refractivity contribution < 1.29 is 9.53 Å². The van der Waals surface area contributed by atoms with Gasteiger partial charge in [0.05, 0.1) is 0 Å². The number of rotatable bonds is 5. The van der Waals surface area contributed by atoms with Crippen molar-refractivity contribution in [1.29, 1.82) is 0 Å². The van der Waals surface area contributed by atoms with Crippen LogP contribution >= 0.6 is 0 Å². The molecule has 0 unspecified atom stereocenters. The minimum absolute atomic E-state index is 0.118. The van der Waals surface area contributed by atoms with Crippen molar-refractivity contribution >= 4 is 6.09 Å². The van der Waals surface area contributed by atoms with Gasteiger partial charge in [0.15, 0.2) is 0 Å². The normalized spacial score (nSPS) is 23.9. The minimum Gasteiger partial charge on any atom is -0.444 e. The molecule has 0 aromatic heterocycles. The zero-order chi connectivity index (χ0) is 16.9. The summed E-state index contributed by atoms with van der Waals surface area (Å²) in [6.45, 7) is 7.81. The number of carbonyl (C=O) groups is 1. The van der Waals surface area contributed by atoms with E-state index in [1.807, 2.05) is 20.8 Å². The van der Waals surface area contributed by atoms with Gasteiger partial charge in [0.2, 0.25) is 0 Å². The molecule has 0 saturated heterocycles. The summed E-state index contributed by atoms with van der Waals surface area (Å²) in [5.41, 5.74) is 0.919. The van der Waals surface area contributed by atoms with Crippen molar-refractivity contribution in [2.75, 3.05) is 0 Å². The Hall–Kier alpha value is -1.77. The zero-order valence-electron chi connectivity index (χ0n) is 14.7. The average Bonchev–Trinajstić information content (AvgIpc) is 2.46. The van der Waals surface area contributed by atoms with Crippen molar-refractivity contribution in [3.05, 3.63) is 48.1 Å². The summed E-state index contributed by atoms with van der Waals surface area (Å²) in [5, 5.41) is 3.05. The lowest BCUT2D eigenvalue weighted by atomic mass is 9.77. The van der Waals surface area contributed by atoms with Crippen molar-refractivity contribution in [1.82, 2.24) is 5.32 Å². The van der Waals surface area contributed by atoms with Crippen molar-refractivity contribution in [2.24, 2.45) is 11.8 Å². The first-order chi connectivity index (χ1) is 10.9. The number of hydrogen-bond donors (Lipinski definition) is 1. The molecule has 0 aromatic carbocycles. The van der Waals surface area contributed by atoms with Gasteiger partial charge in [0, 0.05) is 17.9 Å². The maximum Gasteiger partial charge on any atom is 0.407 e. The van der Waals surface area contributed by atoms with Gasteiger partial charge >= 0.3 is 6.09 Å². The quantitative estimate of drug-likeness (QED) is 0.781. The van der Waals surface area contributed by atoms with Gasteiger partial charge in [0.25, 0.3) is 0 Å². The lowest BCUT2D eigenvalue weighted by Gasteiger charge is -2.30. The van der Waals surface area contributed by atoms with Crippen LogP contribution in [0.15, 0.2) is 48.1 Å². The van der Waals surface area contributed by atoms with E-state index in [4.69, 9.17) is 4.74 Å². The minimum atomic E-state index is -0.463. The maximum atomic E-state index is 12.1. The molecule has 1 N–H and O–H groups in total.